The average Bonchev–Trinajstić information content (AvgIpc) is 3.08. The number of methoxy groups -OCH3 is 1. The Hall–Kier alpha value is -2.44. The summed E-state index contributed by atoms with van der Waals surface area (Å²) in [5.41, 5.74) is -0.132. The number of amides is 2. The van der Waals surface area contributed by atoms with Crippen molar-refractivity contribution in [1.29, 1.82) is 0 Å². The molecule has 0 aliphatic carbocycles. The lowest BCUT2D eigenvalue weighted by atomic mass is 9.84. The van der Waals surface area contributed by atoms with E-state index in [4.69, 9.17) is 4.74 Å². The molecule has 2 atom stereocenters. The molecule has 2 saturated heterocycles. The predicted molar refractivity (Wildman–Crippen MR) is 106 cm³/mol. The third-order valence-corrected chi connectivity index (χ3v) is 6.19. The zero-order valence-corrected chi connectivity index (χ0v) is 17.1. The Kier molecular flexibility index (Phi) is 6.55. The van der Waals surface area contributed by atoms with E-state index in [0.29, 0.717) is 50.1 Å². The Morgan fingerprint density at radius 2 is 2.17 bits per heavy atom. The molecule has 7 heteroatoms. The second kappa shape index (κ2) is 8.93. The average molecular weight is 404 g/mol. The Bertz CT molecular complexity index is 797. The molecule has 2 fully saturated rings. The van der Waals surface area contributed by atoms with Crippen molar-refractivity contribution in [2.75, 3.05) is 20.2 Å². The van der Waals surface area contributed by atoms with Crippen molar-refractivity contribution in [3.05, 3.63) is 29.6 Å². The van der Waals surface area contributed by atoms with Gasteiger partial charge in [-0.15, -0.1) is 0 Å². The summed E-state index contributed by atoms with van der Waals surface area (Å²) in [6.45, 7) is 2.71. The fourth-order valence-electron chi connectivity index (χ4n) is 4.38. The first-order chi connectivity index (χ1) is 13.8. The van der Waals surface area contributed by atoms with Gasteiger partial charge >= 0.3 is 0 Å². The van der Waals surface area contributed by atoms with Crippen LogP contribution in [0.5, 0.6) is 5.75 Å². The second-order valence-corrected chi connectivity index (χ2v) is 8.25. The van der Waals surface area contributed by atoms with E-state index in [2.05, 4.69) is 5.32 Å². The summed E-state index contributed by atoms with van der Waals surface area (Å²) in [5, 5.41) is 3.00. The molecule has 3 rings (SSSR count). The number of rotatable bonds is 7. The van der Waals surface area contributed by atoms with Crippen molar-refractivity contribution >= 4 is 17.6 Å². The Morgan fingerprint density at radius 1 is 1.38 bits per heavy atom. The third kappa shape index (κ3) is 5.14. The number of likely N-dealkylation sites (tertiary alicyclic amines) is 1. The largest absolute Gasteiger partial charge is 0.497 e. The molecule has 0 saturated carbocycles. The molecule has 0 radical (unpaired) electrons. The SMILES string of the molecule is COc1ccc(C[C@@]2(CCC(=O)N3CCC[C@H](C(C)=O)C3)CCC(=O)N2)c(F)c1. The minimum absolute atomic E-state index is 0.00771. The van der Waals surface area contributed by atoms with Crippen molar-refractivity contribution in [2.24, 2.45) is 5.92 Å². The number of ether oxygens (including phenoxy) is 1. The van der Waals surface area contributed by atoms with Crippen molar-refractivity contribution in [3.63, 3.8) is 0 Å². The highest BCUT2D eigenvalue weighted by molar-refractivity contribution is 5.82. The molecule has 6 nitrogen and oxygen atoms in total. The van der Waals surface area contributed by atoms with Crippen LogP contribution in [0.25, 0.3) is 0 Å². The van der Waals surface area contributed by atoms with E-state index in [-0.39, 0.29) is 35.8 Å². The smallest absolute Gasteiger partial charge is 0.222 e. The minimum atomic E-state index is -0.627. The molecule has 158 valence electrons. The molecular formula is C22H29FN2O4. The van der Waals surface area contributed by atoms with Crippen LogP contribution in [0.1, 0.15) is 51.0 Å². The number of halogens is 1. The van der Waals surface area contributed by atoms with Gasteiger partial charge in [-0.3, -0.25) is 14.4 Å². The fraction of sp³-hybridized carbons (Fsp3) is 0.591. The molecular weight excluding hydrogens is 375 g/mol. The van der Waals surface area contributed by atoms with E-state index < -0.39 is 5.54 Å². The first-order valence-corrected chi connectivity index (χ1v) is 10.2. The van der Waals surface area contributed by atoms with E-state index in [1.807, 2.05) is 0 Å². The number of benzene rings is 1. The van der Waals surface area contributed by atoms with Crippen LogP contribution in [0.4, 0.5) is 4.39 Å². The molecule has 0 spiro atoms. The van der Waals surface area contributed by atoms with Gasteiger partial charge in [0.25, 0.3) is 0 Å². The highest BCUT2D eigenvalue weighted by atomic mass is 19.1. The van der Waals surface area contributed by atoms with Crippen LogP contribution < -0.4 is 10.1 Å². The van der Waals surface area contributed by atoms with Gasteiger partial charge in [-0.2, -0.15) is 0 Å². The molecule has 2 amide bonds. The maximum Gasteiger partial charge on any atom is 0.222 e. The molecule has 2 heterocycles. The van der Waals surface area contributed by atoms with Crippen molar-refractivity contribution in [3.8, 4) is 5.75 Å². The molecule has 0 bridgehead atoms. The van der Waals surface area contributed by atoms with Crippen LogP contribution in [-0.2, 0) is 20.8 Å². The lowest BCUT2D eigenvalue weighted by Gasteiger charge is -2.34. The molecule has 0 unspecified atom stereocenters. The number of piperidine rings is 1. The molecule has 1 aromatic rings. The number of Topliss-reactive ketones (excluding diaryl/α,β-unsaturated/α-hetero) is 1. The molecule has 1 N–H and O–H groups in total. The van der Waals surface area contributed by atoms with Crippen LogP contribution in [0, 0.1) is 11.7 Å². The number of ketones is 1. The van der Waals surface area contributed by atoms with Gasteiger partial charge in [-0.1, -0.05) is 6.07 Å². The highest BCUT2D eigenvalue weighted by Crippen LogP contribution is 2.32. The van der Waals surface area contributed by atoms with E-state index >= 15 is 0 Å². The zero-order chi connectivity index (χ0) is 21.0. The first kappa shape index (κ1) is 21.3. The predicted octanol–water partition coefficient (Wildman–Crippen LogP) is 2.63. The van der Waals surface area contributed by atoms with E-state index in [1.165, 1.54) is 13.2 Å². The number of nitrogens with zero attached hydrogens (tertiary/aromatic N) is 1. The topological polar surface area (TPSA) is 75.7 Å². The molecule has 2 aliphatic heterocycles. The van der Waals surface area contributed by atoms with E-state index in [0.717, 1.165) is 12.8 Å². The lowest BCUT2D eigenvalue weighted by molar-refractivity contribution is -0.135. The molecule has 29 heavy (non-hydrogen) atoms. The van der Waals surface area contributed by atoms with Gasteiger partial charge in [0.15, 0.2) is 0 Å². The Labute approximate surface area is 170 Å². The van der Waals surface area contributed by atoms with Crippen molar-refractivity contribution in [1.82, 2.24) is 10.2 Å². The third-order valence-electron chi connectivity index (χ3n) is 6.19. The lowest BCUT2D eigenvalue weighted by Crippen LogP contribution is -2.46. The quantitative estimate of drug-likeness (QED) is 0.758. The summed E-state index contributed by atoms with van der Waals surface area (Å²) in [5.74, 6) is 0.0264. The maximum absolute atomic E-state index is 14.5. The van der Waals surface area contributed by atoms with Crippen LogP contribution in [0.3, 0.4) is 0 Å². The number of carbonyl (C=O) groups excluding carboxylic acids is 3. The van der Waals surface area contributed by atoms with Crippen LogP contribution >= 0.6 is 0 Å². The molecule has 0 aromatic heterocycles. The van der Waals surface area contributed by atoms with Crippen LogP contribution in [0.15, 0.2) is 18.2 Å². The zero-order valence-electron chi connectivity index (χ0n) is 17.1. The summed E-state index contributed by atoms with van der Waals surface area (Å²) in [4.78, 5) is 38.1. The Morgan fingerprint density at radius 3 is 2.79 bits per heavy atom. The van der Waals surface area contributed by atoms with Gasteiger partial charge < -0.3 is 15.0 Å². The van der Waals surface area contributed by atoms with Crippen molar-refractivity contribution in [2.45, 2.75) is 57.4 Å². The number of nitrogens with one attached hydrogen (secondary N) is 1. The van der Waals surface area contributed by atoms with E-state index in [9.17, 15) is 18.8 Å². The van der Waals surface area contributed by atoms with Gasteiger partial charge in [0.2, 0.25) is 11.8 Å². The summed E-state index contributed by atoms with van der Waals surface area (Å²) >= 11 is 0. The number of hydrogen-bond donors (Lipinski definition) is 1. The number of hydrogen-bond acceptors (Lipinski definition) is 4. The fourth-order valence-corrected chi connectivity index (χ4v) is 4.38. The summed E-state index contributed by atoms with van der Waals surface area (Å²) in [6, 6.07) is 4.70. The van der Waals surface area contributed by atoms with Gasteiger partial charge in [0, 0.05) is 43.5 Å². The van der Waals surface area contributed by atoms with E-state index in [1.54, 1.807) is 24.0 Å². The summed E-state index contributed by atoms with van der Waals surface area (Å²) in [7, 11) is 1.48. The second-order valence-electron chi connectivity index (χ2n) is 8.25. The first-order valence-electron chi connectivity index (χ1n) is 10.2. The Balaban J connectivity index is 1.67. The summed E-state index contributed by atoms with van der Waals surface area (Å²) < 4.78 is 19.5. The molecule has 1 aromatic carbocycles. The van der Waals surface area contributed by atoms with Crippen molar-refractivity contribution < 1.29 is 23.5 Å². The minimum Gasteiger partial charge on any atom is -0.497 e. The standard InChI is InChI=1S/C22H29FN2O4/c1-15(26)17-4-3-11-25(14-17)21(28)8-10-22(9-7-20(27)24-22)13-16-5-6-18(29-2)12-19(16)23/h5-6,12,17H,3-4,7-11,13-14H2,1-2H3,(H,24,27)/t17-,22-/m0/s1. The maximum atomic E-state index is 14.5. The van der Waals surface area contributed by atoms with Gasteiger partial charge in [-0.05, 0) is 50.7 Å². The van der Waals surface area contributed by atoms with Gasteiger partial charge in [-0.25, -0.2) is 4.39 Å². The summed E-state index contributed by atoms with van der Waals surface area (Å²) in [6.07, 6.45) is 3.65. The monoisotopic (exact) mass is 404 g/mol. The normalized spacial score (nSPS) is 24.3. The number of carbonyl (C=O) groups is 3. The molecule has 2 aliphatic rings. The van der Waals surface area contributed by atoms with Crippen LogP contribution in [0.2, 0.25) is 0 Å². The van der Waals surface area contributed by atoms with Gasteiger partial charge in [0.1, 0.15) is 17.3 Å². The van der Waals surface area contributed by atoms with Crippen LogP contribution in [-0.4, -0.2) is 48.2 Å². The highest BCUT2D eigenvalue weighted by Gasteiger charge is 2.39. The van der Waals surface area contributed by atoms with Gasteiger partial charge in [0.05, 0.1) is 7.11 Å².